The average molecular weight is 248 g/mol. The third kappa shape index (κ3) is 5.46. The topological polar surface area (TPSA) is 44.2 Å². The maximum absolute atomic E-state index is 5.43. The molecule has 86 valence electrons. The Kier molecular flexibility index (Phi) is 6.91. The summed E-state index contributed by atoms with van der Waals surface area (Å²) in [7, 11) is 0. The van der Waals surface area contributed by atoms with Gasteiger partial charge >= 0.3 is 0 Å². The second-order valence-electron chi connectivity index (χ2n) is 2.68. The Hall–Kier alpha value is -0.170. The number of ether oxygens (including phenoxy) is 2. The van der Waals surface area contributed by atoms with Gasteiger partial charge in [-0.1, -0.05) is 11.8 Å². The van der Waals surface area contributed by atoms with E-state index >= 15 is 0 Å². The van der Waals surface area contributed by atoms with E-state index in [9.17, 15) is 0 Å². The van der Waals surface area contributed by atoms with Crippen molar-refractivity contribution in [3.05, 3.63) is 6.33 Å². The van der Waals surface area contributed by atoms with Crippen LogP contribution in [0.15, 0.2) is 10.7 Å². The average Bonchev–Trinajstić information content (AvgIpc) is 2.71. The van der Waals surface area contributed by atoms with Gasteiger partial charge in [0, 0.05) is 25.4 Å². The highest BCUT2D eigenvalue weighted by Gasteiger charge is 2.08. The molecule has 1 heterocycles. The number of nitrogens with zero attached hydrogens (tertiary/aromatic N) is 2. The van der Waals surface area contributed by atoms with Crippen molar-refractivity contribution in [1.82, 2.24) is 9.36 Å². The molecule has 0 atom stereocenters. The normalized spacial score (nSPS) is 11.1. The SMILES string of the molecule is CCOC(CCSc1ncns1)OCC. The van der Waals surface area contributed by atoms with E-state index in [1.54, 1.807) is 18.1 Å². The molecule has 0 fully saturated rings. The molecule has 0 aliphatic carbocycles. The quantitative estimate of drug-likeness (QED) is 0.522. The van der Waals surface area contributed by atoms with E-state index in [1.807, 2.05) is 13.8 Å². The van der Waals surface area contributed by atoms with Crippen molar-refractivity contribution in [2.75, 3.05) is 19.0 Å². The minimum absolute atomic E-state index is 0.0829. The van der Waals surface area contributed by atoms with Crippen LogP contribution in [0.25, 0.3) is 0 Å². The maximum Gasteiger partial charge on any atom is 0.169 e. The first-order chi connectivity index (χ1) is 7.36. The Labute approximate surface area is 98.6 Å². The van der Waals surface area contributed by atoms with Crippen molar-refractivity contribution in [3.63, 3.8) is 0 Å². The molecule has 1 aromatic heterocycles. The predicted molar refractivity (Wildman–Crippen MR) is 62.3 cm³/mol. The van der Waals surface area contributed by atoms with Gasteiger partial charge in [-0.3, -0.25) is 0 Å². The summed E-state index contributed by atoms with van der Waals surface area (Å²) in [5, 5.41) is 0. The summed E-state index contributed by atoms with van der Waals surface area (Å²) in [6.45, 7) is 5.33. The van der Waals surface area contributed by atoms with Crippen molar-refractivity contribution >= 4 is 23.3 Å². The van der Waals surface area contributed by atoms with Gasteiger partial charge in [-0.25, -0.2) is 4.98 Å². The summed E-state index contributed by atoms with van der Waals surface area (Å²) >= 11 is 3.11. The number of rotatable bonds is 8. The summed E-state index contributed by atoms with van der Waals surface area (Å²) in [5.41, 5.74) is 0. The molecule has 15 heavy (non-hydrogen) atoms. The molecule has 0 spiro atoms. The first kappa shape index (κ1) is 12.9. The fourth-order valence-corrected chi connectivity index (χ4v) is 2.53. The highest BCUT2D eigenvalue weighted by atomic mass is 32.2. The molecule has 1 aromatic rings. The summed E-state index contributed by atoms with van der Waals surface area (Å²) in [6, 6.07) is 0. The van der Waals surface area contributed by atoms with Crippen LogP contribution in [0.4, 0.5) is 0 Å². The molecular weight excluding hydrogens is 232 g/mol. The molecule has 0 aromatic carbocycles. The van der Waals surface area contributed by atoms with Gasteiger partial charge in [0.2, 0.25) is 0 Å². The van der Waals surface area contributed by atoms with E-state index in [2.05, 4.69) is 9.36 Å². The Morgan fingerprint density at radius 1 is 1.40 bits per heavy atom. The lowest BCUT2D eigenvalue weighted by Crippen LogP contribution is -2.18. The third-order valence-corrected chi connectivity index (χ3v) is 3.46. The van der Waals surface area contributed by atoms with Crippen LogP contribution in [-0.2, 0) is 9.47 Å². The Morgan fingerprint density at radius 2 is 2.13 bits per heavy atom. The lowest BCUT2D eigenvalue weighted by atomic mass is 10.5. The molecule has 0 amide bonds. The number of aromatic nitrogens is 2. The molecular formula is C9H16N2O2S2. The fourth-order valence-electron chi connectivity index (χ4n) is 1.06. The van der Waals surface area contributed by atoms with E-state index in [0.29, 0.717) is 13.2 Å². The minimum atomic E-state index is -0.0829. The van der Waals surface area contributed by atoms with Crippen molar-refractivity contribution in [1.29, 1.82) is 0 Å². The second-order valence-corrected chi connectivity index (χ2v) is 4.81. The van der Waals surface area contributed by atoms with Crippen LogP contribution in [0, 0.1) is 0 Å². The van der Waals surface area contributed by atoms with Gasteiger partial charge in [0.05, 0.1) is 0 Å². The Morgan fingerprint density at radius 3 is 2.67 bits per heavy atom. The van der Waals surface area contributed by atoms with E-state index in [4.69, 9.17) is 9.47 Å². The van der Waals surface area contributed by atoms with E-state index in [0.717, 1.165) is 16.5 Å². The molecule has 0 unspecified atom stereocenters. The minimum Gasteiger partial charge on any atom is -0.353 e. The largest absolute Gasteiger partial charge is 0.353 e. The van der Waals surface area contributed by atoms with Crippen molar-refractivity contribution in [2.24, 2.45) is 0 Å². The molecule has 0 saturated heterocycles. The molecule has 0 aliphatic heterocycles. The van der Waals surface area contributed by atoms with E-state index in [1.165, 1.54) is 11.5 Å². The lowest BCUT2D eigenvalue weighted by molar-refractivity contribution is -0.136. The van der Waals surface area contributed by atoms with Gasteiger partial charge in [-0.05, 0) is 25.4 Å². The van der Waals surface area contributed by atoms with Gasteiger partial charge in [-0.15, -0.1) is 0 Å². The number of hydrogen-bond donors (Lipinski definition) is 0. The van der Waals surface area contributed by atoms with Crippen LogP contribution in [0.5, 0.6) is 0 Å². The second kappa shape index (κ2) is 8.04. The van der Waals surface area contributed by atoms with E-state index in [-0.39, 0.29) is 6.29 Å². The van der Waals surface area contributed by atoms with Crippen molar-refractivity contribution in [2.45, 2.75) is 30.9 Å². The zero-order valence-corrected chi connectivity index (χ0v) is 10.6. The first-order valence-electron chi connectivity index (χ1n) is 4.99. The third-order valence-electron chi connectivity index (χ3n) is 1.63. The maximum atomic E-state index is 5.43. The molecule has 0 radical (unpaired) electrons. The molecule has 0 saturated carbocycles. The predicted octanol–water partition coefficient (Wildman–Crippen LogP) is 2.42. The summed E-state index contributed by atoms with van der Waals surface area (Å²) in [5.74, 6) is 0.944. The van der Waals surface area contributed by atoms with Crippen molar-refractivity contribution in [3.8, 4) is 0 Å². The number of thioether (sulfide) groups is 1. The molecule has 1 rings (SSSR count). The fraction of sp³-hybridized carbons (Fsp3) is 0.778. The standard InChI is InChI=1S/C9H16N2O2S2/c1-3-12-8(13-4-2)5-6-14-9-10-7-11-15-9/h7-8H,3-6H2,1-2H3. The van der Waals surface area contributed by atoms with Crippen LogP contribution in [0.3, 0.4) is 0 Å². The lowest BCUT2D eigenvalue weighted by Gasteiger charge is -2.15. The highest BCUT2D eigenvalue weighted by molar-refractivity contribution is 8.00. The highest BCUT2D eigenvalue weighted by Crippen LogP contribution is 2.20. The molecule has 0 aliphatic rings. The number of hydrogen-bond acceptors (Lipinski definition) is 6. The summed E-state index contributed by atoms with van der Waals surface area (Å²) in [4.78, 5) is 4.09. The smallest absolute Gasteiger partial charge is 0.169 e. The first-order valence-corrected chi connectivity index (χ1v) is 6.75. The van der Waals surface area contributed by atoms with Gasteiger partial charge in [0.1, 0.15) is 6.33 Å². The van der Waals surface area contributed by atoms with Crippen LogP contribution < -0.4 is 0 Å². The molecule has 0 bridgehead atoms. The van der Waals surface area contributed by atoms with Crippen LogP contribution in [0.1, 0.15) is 20.3 Å². The van der Waals surface area contributed by atoms with Gasteiger partial charge in [0.15, 0.2) is 10.6 Å². The molecule has 4 nitrogen and oxygen atoms in total. The zero-order chi connectivity index (χ0) is 10.9. The van der Waals surface area contributed by atoms with Crippen molar-refractivity contribution < 1.29 is 9.47 Å². The van der Waals surface area contributed by atoms with Gasteiger partial charge < -0.3 is 9.47 Å². The van der Waals surface area contributed by atoms with E-state index < -0.39 is 0 Å². The zero-order valence-electron chi connectivity index (χ0n) is 9.01. The summed E-state index contributed by atoms with van der Waals surface area (Å²) in [6.07, 6.45) is 2.38. The monoisotopic (exact) mass is 248 g/mol. The van der Waals surface area contributed by atoms with Crippen LogP contribution >= 0.6 is 23.3 Å². The Bertz CT molecular complexity index is 238. The summed E-state index contributed by atoms with van der Waals surface area (Å²) < 4.78 is 15.8. The van der Waals surface area contributed by atoms with Gasteiger partial charge in [0.25, 0.3) is 0 Å². The molecule has 0 N–H and O–H groups in total. The Balaban J connectivity index is 2.15. The van der Waals surface area contributed by atoms with Crippen LogP contribution in [-0.4, -0.2) is 34.6 Å². The van der Waals surface area contributed by atoms with Gasteiger partial charge in [-0.2, -0.15) is 4.37 Å². The molecule has 6 heteroatoms. The van der Waals surface area contributed by atoms with Crippen LogP contribution in [0.2, 0.25) is 0 Å².